The number of hydrogen-bond donors (Lipinski definition) is 1. The van der Waals surface area contributed by atoms with Crippen molar-refractivity contribution in [3.63, 3.8) is 0 Å². The first-order valence-electron chi connectivity index (χ1n) is 10.3. The van der Waals surface area contributed by atoms with Crippen molar-refractivity contribution in [2.24, 2.45) is 4.40 Å². The van der Waals surface area contributed by atoms with Gasteiger partial charge in [0.05, 0.1) is 20.5 Å². The number of carbonyl (C=O) groups excluding carboxylic acids is 2. The first-order chi connectivity index (χ1) is 13.1. The zero-order valence-electron chi connectivity index (χ0n) is 20.4. The van der Waals surface area contributed by atoms with E-state index in [1.807, 2.05) is 55.4 Å². The van der Waals surface area contributed by atoms with Crippen LogP contribution in [-0.4, -0.2) is 35.3 Å². The van der Waals surface area contributed by atoms with E-state index in [0.717, 1.165) is 37.8 Å². The number of nitrogens with zero attached hydrogens (tertiary/aromatic N) is 1. The van der Waals surface area contributed by atoms with E-state index in [2.05, 4.69) is 29.9 Å². The Bertz CT molecular complexity index is 538. The second kappa shape index (κ2) is 16.1. The van der Waals surface area contributed by atoms with E-state index in [4.69, 9.17) is 9.59 Å². The van der Waals surface area contributed by atoms with Crippen LogP contribution in [0.1, 0.15) is 108 Å². The van der Waals surface area contributed by atoms with Crippen LogP contribution >= 0.6 is 0 Å². The topological polar surface area (TPSA) is 92.7 Å². The molecule has 0 aliphatic heterocycles. The van der Waals surface area contributed by atoms with Gasteiger partial charge in [0.15, 0.2) is 0 Å². The van der Waals surface area contributed by atoms with Crippen LogP contribution in [0.3, 0.4) is 0 Å². The molecule has 6 nitrogen and oxygen atoms in total. The minimum Gasteiger partial charge on any atom is -0.242 e. The third-order valence-corrected chi connectivity index (χ3v) is 7.65. The van der Waals surface area contributed by atoms with Gasteiger partial charge in [-0.2, -0.15) is 14.0 Å². The van der Waals surface area contributed by atoms with Gasteiger partial charge in [-0.25, -0.2) is 13.1 Å². The monoisotopic (exact) mass is 452 g/mol. The van der Waals surface area contributed by atoms with Gasteiger partial charge in [-0.05, 0) is 73.6 Å². The lowest BCUT2D eigenvalue weighted by atomic mass is 9.91. The summed E-state index contributed by atoms with van der Waals surface area (Å²) >= 11 is 0. The lowest BCUT2D eigenvalue weighted by Crippen LogP contribution is -2.49. The first kappa shape index (κ1) is 33.0. The van der Waals surface area contributed by atoms with E-state index < -0.39 is 22.0 Å². The Kier molecular flexibility index (Phi) is 18.3. The maximum absolute atomic E-state index is 12.0. The van der Waals surface area contributed by atoms with Crippen LogP contribution in [0, 0.1) is 0 Å². The van der Waals surface area contributed by atoms with Gasteiger partial charge in [-0.1, -0.05) is 34.6 Å². The molecular formula is C21H44N2O4S2. The highest BCUT2D eigenvalue weighted by Crippen LogP contribution is 2.22. The van der Waals surface area contributed by atoms with Crippen LogP contribution in [-0.2, 0) is 31.6 Å². The van der Waals surface area contributed by atoms with Crippen molar-refractivity contribution in [2.75, 3.05) is 0 Å². The fraction of sp³-hybridized carbons (Fsp3) is 0.905. The van der Waals surface area contributed by atoms with Gasteiger partial charge >= 0.3 is 6.15 Å². The highest BCUT2D eigenvalue weighted by Gasteiger charge is 2.30. The minimum absolute atomic E-state index is 0.0537. The van der Waals surface area contributed by atoms with Crippen molar-refractivity contribution in [3.05, 3.63) is 0 Å². The summed E-state index contributed by atoms with van der Waals surface area (Å²) < 4.78 is 30.5. The summed E-state index contributed by atoms with van der Waals surface area (Å²) in [6.45, 7) is 22.4. The van der Waals surface area contributed by atoms with Crippen molar-refractivity contribution in [1.29, 1.82) is 0 Å². The quantitative estimate of drug-likeness (QED) is 0.516. The molecule has 1 N–H and O–H groups in total. The van der Waals surface area contributed by atoms with Gasteiger partial charge in [-0.15, -0.1) is 0 Å². The Hall–Kier alpha value is -0.690. The second-order valence-corrected chi connectivity index (χ2v) is 12.5. The maximum atomic E-state index is 12.0. The van der Waals surface area contributed by atoms with Gasteiger partial charge in [0.1, 0.15) is 11.0 Å². The normalized spacial score (nSPS) is 13.6. The molecule has 174 valence electrons. The molecule has 0 amide bonds. The summed E-state index contributed by atoms with van der Waals surface area (Å²) in [6.07, 6.45) is 5.14. The van der Waals surface area contributed by atoms with Crippen LogP contribution in [0.5, 0.6) is 0 Å². The Morgan fingerprint density at radius 3 is 1.34 bits per heavy atom. The molecule has 0 aromatic heterocycles. The largest absolute Gasteiger partial charge is 0.373 e. The molecule has 0 bridgehead atoms. The van der Waals surface area contributed by atoms with Crippen molar-refractivity contribution in [3.8, 4) is 0 Å². The Morgan fingerprint density at radius 1 is 0.793 bits per heavy atom. The van der Waals surface area contributed by atoms with E-state index in [9.17, 15) is 8.42 Å². The highest BCUT2D eigenvalue weighted by molar-refractivity contribution is 7.85. The lowest BCUT2D eigenvalue weighted by Gasteiger charge is -2.34. The molecule has 2 atom stereocenters. The summed E-state index contributed by atoms with van der Waals surface area (Å²) in [5, 5.41) is 0. The van der Waals surface area contributed by atoms with Crippen molar-refractivity contribution < 1.29 is 18.0 Å². The molecule has 0 fully saturated rings. The zero-order valence-corrected chi connectivity index (χ0v) is 22.1. The molecule has 0 aliphatic carbocycles. The second-order valence-electron chi connectivity index (χ2n) is 8.63. The van der Waals surface area contributed by atoms with E-state index in [-0.39, 0.29) is 21.2 Å². The standard InChI is InChI=1S/C11H25NOS.C9H19NOS.CO2/c1-7-11(8-2,9-3)12-14(13)10(4,5)6;1-6-8(7-2)10-12(11)9(3,4)5;2-1-3/h12H,7-9H2,1-6H3;6-7H2,1-5H3;/t14-;12-;/m11./s1. The molecule has 0 heterocycles. The molecule has 0 aromatic rings. The van der Waals surface area contributed by atoms with Crippen molar-refractivity contribution in [2.45, 2.75) is 123 Å². The molecule has 0 aromatic carbocycles. The smallest absolute Gasteiger partial charge is 0.242 e. The summed E-state index contributed by atoms with van der Waals surface area (Å²) in [4.78, 5) is 16.2. The third-order valence-electron chi connectivity index (χ3n) is 4.45. The van der Waals surface area contributed by atoms with Gasteiger partial charge in [0.2, 0.25) is 0 Å². The van der Waals surface area contributed by atoms with E-state index in [0.29, 0.717) is 0 Å². The number of nitrogens with one attached hydrogen (secondary N) is 1. The van der Waals surface area contributed by atoms with E-state index >= 15 is 0 Å². The van der Waals surface area contributed by atoms with Gasteiger partial charge < -0.3 is 0 Å². The summed E-state index contributed by atoms with van der Waals surface area (Å²) in [7, 11) is -2.04. The summed E-state index contributed by atoms with van der Waals surface area (Å²) in [5.41, 5.74) is 1.10. The minimum atomic E-state index is -1.08. The Morgan fingerprint density at radius 2 is 1.14 bits per heavy atom. The van der Waals surface area contributed by atoms with Crippen LogP contribution in [0.25, 0.3) is 0 Å². The van der Waals surface area contributed by atoms with Crippen molar-refractivity contribution >= 4 is 33.8 Å². The fourth-order valence-corrected chi connectivity index (χ4v) is 3.85. The molecule has 0 aliphatic rings. The molecule has 0 saturated carbocycles. The average Bonchev–Trinajstić information content (AvgIpc) is 2.63. The predicted molar refractivity (Wildman–Crippen MR) is 126 cm³/mol. The molecule has 8 heteroatoms. The van der Waals surface area contributed by atoms with Crippen LogP contribution in [0.15, 0.2) is 4.40 Å². The number of rotatable bonds is 8. The molecule has 0 spiro atoms. The highest BCUT2D eigenvalue weighted by atomic mass is 32.2. The fourth-order valence-electron chi connectivity index (χ4n) is 1.95. The van der Waals surface area contributed by atoms with Gasteiger partial charge in [0, 0.05) is 11.3 Å². The molecule has 29 heavy (non-hydrogen) atoms. The SMILES string of the molecule is CCC(CC)(CC)N[S@](=O)C(C)(C)C.CCC(CC)=N[S@](=O)C(C)(C)C.O=C=O. The average molecular weight is 453 g/mol. The molecule has 0 radical (unpaired) electrons. The van der Waals surface area contributed by atoms with Crippen LogP contribution in [0.4, 0.5) is 0 Å². The molecule has 0 unspecified atom stereocenters. The summed E-state index contributed by atoms with van der Waals surface area (Å²) in [5.74, 6) is 0. The Balaban J connectivity index is -0.000000414. The maximum Gasteiger partial charge on any atom is 0.373 e. The third kappa shape index (κ3) is 15.8. The first-order valence-corrected chi connectivity index (χ1v) is 12.6. The molecule has 0 saturated heterocycles. The van der Waals surface area contributed by atoms with Crippen molar-refractivity contribution in [1.82, 2.24) is 4.72 Å². The lowest BCUT2D eigenvalue weighted by molar-refractivity contribution is -0.191. The van der Waals surface area contributed by atoms with E-state index in [1.165, 1.54) is 0 Å². The van der Waals surface area contributed by atoms with Crippen LogP contribution < -0.4 is 4.72 Å². The Labute approximate surface area is 184 Å². The van der Waals surface area contributed by atoms with E-state index in [1.54, 1.807) is 0 Å². The summed E-state index contributed by atoms with van der Waals surface area (Å²) in [6, 6.07) is 0. The molecule has 0 rings (SSSR count). The van der Waals surface area contributed by atoms with Gasteiger partial charge in [0.25, 0.3) is 0 Å². The predicted octanol–water partition coefficient (Wildman–Crippen LogP) is 5.13. The van der Waals surface area contributed by atoms with Crippen LogP contribution in [0.2, 0.25) is 0 Å². The molecular weight excluding hydrogens is 408 g/mol. The number of hydrogen-bond acceptors (Lipinski definition) is 4. The van der Waals surface area contributed by atoms with Gasteiger partial charge in [-0.3, -0.25) is 0 Å². The zero-order chi connectivity index (χ0) is 23.9.